The summed E-state index contributed by atoms with van der Waals surface area (Å²) in [6.07, 6.45) is 1.88. The van der Waals surface area contributed by atoms with E-state index >= 15 is 0 Å². The Morgan fingerprint density at radius 1 is 1.09 bits per heavy atom. The fraction of sp³-hybridized carbons (Fsp3) is 0.235. The van der Waals surface area contributed by atoms with E-state index in [2.05, 4.69) is 15.6 Å². The van der Waals surface area contributed by atoms with Gasteiger partial charge in [-0.2, -0.15) is 0 Å². The Labute approximate surface area is 129 Å². The second-order valence-corrected chi connectivity index (χ2v) is 5.09. The molecule has 0 aliphatic carbocycles. The van der Waals surface area contributed by atoms with Crippen molar-refractivity contribution in [3.63, 3.8) is 0 Å². The number of amides is 2. The van der Waals surface area contributed by atoms with Gasteiger partial charge in [0.05, 0.1) is 0 Å². The number of carbonyl (C=O) groups excluding carboxylic acids is 2. The van der Waals surface area contributed by atoms with Gasteiger partial charge in [-0.05, 0) is 25.5 Å². The van der Waals surface area contributed by atoms with Crippen LogP contribution in [0, 0.1) is 13.8 Å². The van der Waals surface area contributed by atoms with Crippen LogP contribution in [0.25, 0.3) is 0 Å². The van der Waals surface area contributed by atoms with Crippen LogP contribution in [-0.4, -0.2) is 23.3 Å². The predicted octanol–water partition coefficient (Wildman–Crippen LogP) is 3.09. The molecule has 0 unspecified atom stereocenters. The zero-order valence-electron chi connectivity index (χ0n) is 12.7. The van der Waals surface area contributed by atoms with Gasteiger partial charge >= 0.3 is 6.03 Å². The highest BCUT2D eigenvalue weighted by molar-refractivity contribution is 5.96. The van der Waals surface area contributed by atoms with E-state index in [-0.39, 0.29) is 24.8 Å². The third-order valence-corrected chi connectivity index (χ3v) is 3.25. The summed E-state index contributed by atoms with van der Waals surface area (Å²) in [7, 11) is 0. The van der Waals surface area contributed by atoms with Gasteiger partial charge < -0.3 is 5.32 Å². The van der Waals surface area contributed by atoms with E-state index in [1.54, 1.807) is 24.4 Å². The number of hydrogen-bond donors (Lipinski definition) is 2. The van der Waals surface area contributed by atoms with E-state index in [0.717, 1.165) is 11.1 Å². The highest BCUT2D eigenvalue weighted by Gasteiger charge is 2.08. The van der Waals surface area contributed by atoms with Gasteiger partial charge in [-0.1, -0.05) is 35.9 Å². The molecule has 5 heteroatoms. The van der Waals surface area contributed by atoms with E-state index in [1.807, 2.05) is 32.0 Å². The first-order valence-corrected chi connectivity index (χ1v) is 7.12. The Balaban J connectivity index is 1.78. The van der Waals surface area contributed by atoms with Crippen LogP contribution in [0.3, 0.4) is 0 Å². The molecular weight excluding hydrogens is 278 g/mol. The maximum atomic E-state index is 12.0. The van der Waals surface area contributed by atoms with Crippen LogP contribution in [0.4, 0.5) is 10.6 Å². The van der Waals surface area contributed by atoms with Crippen LogP contribution >= 0.6 is 0 Å². The Morgan fingerprint density at radius 3 is 2.50 bits per heavy atom. The van der Waals surface area contributed by atoms with Crippen LogP contribution in [0.1, 0.15) is 27.9 Å². The molecule has 0 saturated carbocycles. The van der Waals surface area contributed by atoms with Gasteiger partial charge in [-0.25, -0.2) is 9.78 Å². The van der Waals surface area contributed by atoms with Crippen molar-refractivity contribution < 1.29 is 9.59 Å². The number of rotatable bonds is 5. The standard InChI is InChI=1S/C17H19N3O2/c1-12-5-7-14(8-6-12)15(21)9-11-19-17(22)20-16-13(2)4-3-10-18-16/h3-8,10H,9,11H2,1-2H3,(H2,18,19,20,22). The van der Waals surface area contributed by atoms with Crippen molar-refractivity contribution >= 4 is 17.6 Å². The van der Waals surface area contributed by atoms with Crippen LogP contribution in [-0.2, 0) is 0 Å². The summed E-state index contributed by atoms with van der Waals surface area (Å²) in [4.78, 5) is 27.8. The quantitative estimate of drug-likeness (QED) is 0.833. The number of nitrogens with zero attached hydrogens (tertiary/aromatic N) is 1. The molecule has 1 aromatic carbocycles. The van der Waals surface area contributed by atoms with E-state index in [4.69, 9.17) is 0 Å². The van der Waals surface area contributed by atoms with Crippen LogP contribution in [0.2, 0.25) is 0 Å². The van der Waals surface area contributed by atoms with Gasteiger partial charge in [-0.15, -0.1) is 0 Å². The summed E-state index contributed by atoms with van der Waals surface area (Å²) in [5.74, 6) is 0.527. The molecule has 0 aliphatic rings. The molecule has 0 atom stereocenters. The van der Waals surface area contributed by atoms with Crippen molar-refractivity contribution in [2.45, 2.75) is 20.3 Å². The van der Waals surface area contributed by atoms with Gasteiger partial charge in [0.25, 0.3) is 0 Å². The van der Waals surface area contributed by atoms with Crippen LogP contribution < -0.4 is 10.6 Å². The molecule has 1 aromatic heterocycles. The number of ketones is 1. The zero-order chi connectivity index (χ0) is 15.9. The maximum Gasteiger partial charge on any atom is 0.320 e. The Hall–Kier alpha value is -2.69. The lowest BCUT2D eigenvalue weighted by Crippen LogP contribution is -2.31. The first-order valence-electron chi connectivity index (χ1n) is 7.12. The molecule has 2 amide bonds. The average Bonchev–Trinajstić information content (AvgIpc) is 2.50. The monoisotopic (exact) mass is 297 g/mol. The van der Waals surface area contributed by atoms with Gasteiger partial charge in [0, 0.05) is 24.7 Å². The number of pyridine rings is 1. The molecule has 2 rings (SSSR count). The van der Waals surface area contributed by atoms with Crippen molar-refractivity contribution in [3.05, 3.63) is 59.3 Å². The first-order chi connectivity index (χ1) is 10.6. The molecular formula is C17H19N3O2. The summed E-state index contributed by atoms with van der Waals surface area (Å²) in [5.41, 5.74) is 2.65. The number of aromatic nitrogens is 1. The number of nitrogens with one attached hydrogen (secondary N) is 2. The predicted molar refractivity (Wildman–Crippen MR) is 86.1 cm³/mol. The molecule has 0 aliphatic heterocycles. The second kappa shape index (κ2) is 7.36. The fourth-order valence-electron chi connectivity index (χ4n) is 1.94. The van der Waals surface area contributed by atoms with Crippen LogP contribution in [0.15, 0.2) is 42.6 Å². The van der Waals surface area contributed by atoms with E-state index in [9.17, 15) is 9.59 Å². The minimum atomic E-state index is -0.362. The highest BCUT2D eigenvalue weighted by atomic mass is 16.2. The normalized spacial score (nSPS) is 10.1. The lowest BCUT2D eigenvalue weighted by molar-refractivity contribution is 0.0984. The Morgan fingerprint density at radius 2 is 1.82 bits per heavy atom. The van der Waals surface area contributed by atoms with Crippen molar-refractivity contribution in [1.29, 1.82) is 0 Å². The lowest BCUT2D eigenvalue weighted by Gasteiger charge is -2.08. The number of aryl methyl sites for hydroxylation is 2. The molecule has 2 aromatic rings. The average molecular weight is 297 g/mol. The maximum absolute atomic E-state index is 12.0. The lowest BCUT2D eigenvalue weighted by atomic mass is 10.1. The highest BCUT2D eigenvalue weighted by Crippen LogP contribution is 2.09. The summed E-state index contributed by atoms with van der Waals surface area (Å²) in [6, 6.07) is 10.7. The molecule has 2 N–H and O–H groups in total. The smallest absolute Gasteiger partial charge is 0.320 e. The molecule has 0 fully saturated rings. The number of carbonyl (C=O) groups is 2. The largest absolute Gasteiger partial charge is 0.337 e. The minimum absolute atomic E-state index is 0.00863. The van der Waals surface area contributed by atoms with Gasteiger partial charge in [-0.3, -0.25) is 10.1 Å². The van der Waals surface area contributed by atoms with E-state index in [0.29, 0.717) is 11.4 Å². The molecule has 0 spiro atoms. The Bertz CT molecular complexity index is 666. The zero-order valence-corrected chi connectivity index (χ0v) is 12.7. The number of Topliss-reactive ketones (excluding diaryl/α,β-unsaturated/α-hetero) is 1. The molecule has 5 nitrogen and oxygen atoms in total. The third kappa shape index (κ3) is 4.41. The summed E-state index contributed by atoms with van der Waals surface area (Å²) >= 11 is 0. The summed E-state index contributed by atoms with van der Waals surface area (Å²) < 4.78 is 0. The number of benzene rings is 1. The molecule has 22 heavy (non-hydrogen) atoms. The summed E-state index contributed by atoms with van der Waals surface area (Å²) in [5, 5.41) is 5.32. The minimum Gasteiger partial charge on any atom is -0.337 e. The fourth-order valence-corrected chi connectivity index (χ4v) is 1.94. The van der Waals surface area contributed by atoms with Gasteiger partial charge in [0.1, 0.15) is 5.82 Å². The summed E-state index contributed by atoms with van der Waals surface area (Å²) in [6.45, 7) is 4.12. The van der Waals surface area contributed by atoms with Crippen molar-refractivity contribution in [2.75, 3.05) is 11.9 Å². The van der Waals surface area contributed by atoms with Crippen molar-refractivity contribution in [1.82, 2.24) is 10.3 Å². The molecule has 0 radical (unpaired) electrons. The molecule has 1 heterocycles. The number of urea groups is 1. The first kappa shape index (κ1) is 15.7. The number of anilines is 1. The molecule has 0 saturated heterocycles. The second-order valence-electron chi connectivity index (χ2n) is 5.09. The van der Waals surface area contributed by atoms with Crippen molar-refractivity contribution in [2.24, 2.45) is 0 Å². The van der Waals surface area contributed by atoms with Crippen molar-refractivity contribution in [3.8, 4) is 0 Å². The SMILES string of the molecule is Cc1ccc(C(=O)CCNC(=O)Nc2ncccc2C)cc1. The molecule has 114 valence electrons. The van der Waals surface area contributed by atoms with Crippen LogP contribution in [0.5, 0.6) is 0 Å². The van der Waals surface area contributed by atoms with Gasteiger partial charge in [0.2, 0.25) is 0 Å². The number of hydrogen-bond acceptors (Lipinski definition) is 3. The topological polar surface area (TPSA) is 71.1 Å². The van der Waals surface area contributed by atoms with E-state index in [1.165, 1.54) is 0 Å². The third-order valence-electron chi connectivity index (χ3n) is 3.25. The van der Waals surface area contributed by atoms with Gasteiger partial charge in [0.15, 0.2) is 5.78 Å². The Kier molecular flexibility index (Phi) is 5.25. The molecule has 0 bridgehead atoms. The van der Waals surface area contributed by atoms with E-state index < -0.39 is 0 Å².